The number of carbonyl (C=O) groups is 2. The smallest absolute Gasteiger partial charge is 0.328 e. The van der Waals surface area contributed by atoms with Crippen molar-refractivity contribution in [2.75, 3.05) is 12.4 Å². The summed E-state index contributed by atoms with van der Waals surface area (Å²) in [5.41, 5.74) is 0.388. The second-order valence-corrected chi connectivity index (χ2v) is 8.00. The summed E-state index contributed by atoms with van der Waals surface area (Å²) in [4.78, 5) is 22.1. The van der Waals surface area contributed by atoms with E-state index in [1.165, 1.54) is 28.6 Å². The van der Waals surface area contributed by atoms with Gasteiger partial charge in [0.25, 0.3) is 0 Å². The summed E-state index contributed by atoms with van der Waals surface area (Å²) in [7, 11) is -1.97. The molecule has 0 saturated heterocycles. The number of aliphatic carboxylic acids is 1. The number of sulfonamides is 1. The van der Waals surface area contributed by atoms with Crippen LogP contribution in [-0.2, 0) is 19.6 Å². The average molecular weight is 366 g/mol. The zero-order valence-electron chi connectivity index (χ0n) is 14.0. The van der Waals surface area contributed by atoms with E-state index in [1.54, 1.807) is 7.05 Å². The molecule has 0 radical (unpaired) electrons. The third kappa shape index (κ3) is 5.14. The summed E-state index contributed by atoms with van der Waals surface area (Å²) < 4.78 is 26.8. The number of carbonyl (C=O) groups excluding carboxylic acids is 1. The molecule has 1 aliphatic carbocycles. The highest BCUT2D eigenvalue weighted by atomic mass is 32.2. The van der Waals surface area contributed by atoms with Crippen LogP contribution in [0.3, 0.4) is 0 Å². The van der Waals surface area contributed by atoms with Gasteiger partial charge in [-0.05, 0) is 37.1 Å². The van der Waals surface area contributed by atoms with Gasteiger partial charge in [0.1, 0.15) is 0 Å². The summed E-state index contributed by atoms with van der Waals surface area (Å²) in [5.74, 6) is -1.82. The Hall–Kier alpha value is -2.19. The number of carboxylic acid groups (broad SMARTS) is 1. The number of nitrogens with one attached hydrogen (secondary N) is 1. The van der Waals surface area contributed by atoms with Gasteiger partial charge >= 0.3 is 5.97 Å². The zero-order valence-corrected chi connectivity index (χ0v) is 14.8. The minimum absolute atomic E-state index is 0.0271. The van der Waals surface area contributed by atoms with Gasteiger partial charge in [-0.2, -0.15) is 4.31 Å². The van der Waals surface area contributed by atoms with Crippen LogP contribution in [-0.4, -0.2) is 42.8 Å². The van der Waals surface area contributed by atoms with Crippen molar-refractivity contribution >= 4 is 27.6 Å². The molecular weight excluding hydrogens is 344 g/mol. The molecule has 136 valence electrons. The molecule has 1 fully saturated rings. The molecule has 1 saturated carbocycles. The molecule has 0 atom stereocenters. The van der Waals surface area contributed by atoms with E-state index in [-0.39, 0.29) is 10.9 Å². The fourth-order valence-electron chi connectivity index (χ4n) is 2.85. The predicted octanol–water partition coefficient (Wildman–Crippen LogP) is 2.22. The monoisotopic (exact) mass is 366 g/mol. The quantitative estimate of drug-likeness (QED) is 0.751. The first-order valence-electron chi connectivity index (χ1n) is 8.11. The van der Waals surface area contributed by atoms with E-state index in [9.17, 15) is 18.0 Å². The Kier molecular flexibility index (Phi) is 6.33. The minimum atomic E-state index is -3.58. The summed E-state index contributed by atoms with van der Waals surface area (Å²) in [6.45, 7) is 0. The fourth-order valence-corrected chi connectivity index (χ4v) is 4.26. The van der Waals surface area contributed by atoms with Crippen molar-refractivity contribution in [2.45, 2.75) is 43.0 Å². The molecular formula is C17H22N2O5S. The van der Waals surface area contributed by atoms with E-state index in [0.29, 0.717) is 5.69 Å². The maximum atomic E-state index is 12.7. The van der Waals surface area contributed by atoms with Crippen molar-refractivity contribution in [3.8, 4) is 0 Å². The van der Waals surface area contributed by atoms with E-state index >= 15 is 0 Å². The maximum absolute atomic E-state index is 12.7. The number of benzene rings is 1. The lowest BCUT2D eigenvalue weighted by atomic mass is 9.96. The Morgan fingerprint density at radius 1 is 1.12 bits per heavy atom. The van der Waals surface area contributed by atoms with Gasteiger partial charge in [-0.3, -0.25) is 4.79 Å². The number of nitrogens with zero attached hydrogens (tertiary/aromatic N) is 1. The van der Waals surface area contributed by atoms with Crippen LogP contribution in [0.4, 0.5) is 5.69 Å². The standard InChI is InChI=1S/C17H22N2O5S/c1-19(14-5-3-2-4-6-14)25(23,24)15-9-7-13(8-10-15)18-16(20)11-12-17(21)22/h7-12,14H,2-6H2,1H3,(H,18,20)(H,21,22)/b12-11+. The molecule has 1 aromatic rings. The van der Waals surface area contributed by atoms with Crippen molar-refractivity contribution in [2.24, 2.45) is 0 Å². The van der Waals surface area contributed by atoms with Crippen LogP contribution in [0.2, 0.25) is 0 Å². The molecule has 0 aliphatic heterocycles. The summed E-state index contributed by atoms with van der Waals surface area (Å²) in [6.07, 6.45) is 6.60. The van der Waals surface area contributed by atoms with Gasteiger partial charge in [-0.15, -0.1) is 0 Å². The van der Waals surface area contributed by atoms with Crippen LogP contribution in [0, 0.1) is 0 Å². The SMILES string of the molecule is CN(C1CCCCC1)S(=O)(=O)c1ccc(NC(=O)/C=C/C(=O)O)cc1. The molecule has 0 spiro atoms. The molecule has 25 heavy (non-hydrogen) atoms. The first-order chi connectivity index (χ1) is 11.8. The van der Waals surface area contributed by atoms with Gasteiger partial charge in [0, 0.05) is 30.9 Å². The molecule has 7 nitrogen and oxygen atoms in total. The number of anilines is 1. The minimum Gasteiger partial charge on any atom is -0.478 e. The van der Waals surface area contributed by atoms with Gasteiger partial charge in [0.15, 0.2) is 0 Å². The highest BCUT2D eigenvalue weighted by Crippen LogP contribution is 2.26. The van der Waals surface area contributed by atoms with Crippen molar-refractivity contribution < 1.29 is 23.1 Å². The van der Waals surface area contributed by atoms with E-state index in [1.807, 2.05) is 0 Å². The van der Waals surface area contributed by atoms with Crippen LogP contribution in [0.1, 0.15) is 32.1 Å². The Balaban J connectivity index is 2.07. The lowest BCUT2D eigenvalue weighted by Crippen LogP contribution is -2.38. The first kappa shape index (κ1) is 19.1. The maximum Gasteiger partial charge on any atom is 0.328 e. The lowest BCUT2D eigenvalue weighted by Gasteiger charge is -2.30. The number of amides is 1. The third-order valence-corrected chi connectivity index (χ3v) is 6.19. The Bertz CT molecular complexity index is 750. The van der Waals surface area contributed by atoms with Crippen molar-refractivity contribution in [3.05, 3.63) is 36.4 Å². The summed E-state index contributed by atoms with van der Waals surface area (Å²) in [5, 5.41) is 10.9. The lowest BCUT2D eigenvalue weighted by molar-refractivity contribution is -0.131. The average Bonchev–Trinajstić information content (AvgIpc) is 2.60. The number of rotatable bonds is 6. The number of hydrogen-bond acceptors (Lipinski definition) is 4. The summed E-state index contributed by atoms with van der Waals surface area (Å²) in [6, 6.07) is 5.86. The fraction of sp³-hybridized carbons (Fsp3) is 0.412. The molecule has 2 N–H and O–H groups in total. The Morgan fingerprint density at radius 2 is 1.72 bits per heavy atom. The molecule has 8 heteroatoms. The van der Waals surface area contributed by atoms with Gasteiger partial charge < -0.3 is 10.4 Å². The molecule has 0 unspecified atom stereocenters. The predicted molar refractivity (Wildman–Crippen MR) is 93.7 cm³/mol. The summed E-state index contributed by atoms with van der Waals surface area (Å²) >= 11 is 0. The second-order valence-electron chi connectivity index (χ2n) is 6.00. The molecule has 0 aromatic heterocycles. The number of hydrogen-bond donors (Lipinski definition) is 2. The molecule has 0 bridgehead atoms. The van der Waals surface area contributed by atoms with E-state index in [0.717, 1.165) is 44.3 Å². The molecule has 1 aromatic carbocycles. The van der Waals surface area contributed by atoms with Crippen LogP contribution in [0.15, 0.2) is 41.3 Å². The highest BCUT2D eigenvalue weighted by molar-refractivity contribution is 7.89. The molecule has 2 rings (SSSR count). The first-order valence-corrected chi connectivity index (χ1v) is 9.55. The van der Waals surface area contributed by atoms with Crippen LogP contribution in [0.5, 0.6) is 0 Å². The largest absolute Gasteiger partial charge is 0.478 e. The third-order valence-electron chi connectivity index (χ3n) is 4.27. The van der Waals surface area contributed by atoms with Crippen LogP contribution in [0.25, 0.3) is 0 Å². The van der Waals surface area contributed by atoms with E-state index < -0.39 is 21.9 Å². The van der Waals surface area contributed by atoms with Crippen LogP contribution >= 0.6 is 0 Å². The normalized spacial score (nSPS) is 16.2. The van der Waals surface area contributed by atoms with Gasteiger partial charge in [0.2, 0.25) is 15.9 Å². The van der Waals surface area contributed by atoms with Gasteiger partial charge in [-0.1, -0.05) is 19.3 Å². The number of carboxylic acids is 1. The highest BCUT2D eigenvalue weighted by Gasteiger charge is 2.28. The zero-order chi connectivity index (χ0) is 18.4. The Morgan fingerprint density at radius 3 is 2.28 bits per heavy atom. The second kappa shape index (κ2) is 8.26. The van der Waals surface area contributed by atoms with Gasteiger partial charge in [-0.25, -0.2) is 13.2 Å². The molecule has 0 heterocycles. The molecule has 1 aliphatic rings. The van der Waals surface area contributed by atoms with Gasteiger partial charge in [0.05, 0.1) is 4.90 Å². The van der Waals surface area contributed by atoms with E-state index in [2.05, 4.69) is 5.32 Å². The Labute approximate surface area is 147 Å². The topological polar surface area (TPSA) is 104 Å². The van der Waals surface area contributed by atoms with Crippen molar-refractivity contribution in [1.29, 1.82) is 0 Å². The van der Waals surface area contributed by atoms with Crippen LogP contribution < -0.4 is 5.32 Å². The van der Waals surface area contributed by atoms with Crippen molar-refractivity contribution in [1.82, 2.24) is 4.31 Å². The van der Waals surface area contributed by atoms with E-state index in [4.69, 9.17) is 5.11 Å². The van der Waals surface area contributed by atoms with Crippen molar-refractivity contribution in [3.63, 3.8) is 0 Å². The molecule has 1 amide bonds.